The fraction of sp³-hybridized carbons (Fsp3) is 0.536. The Hall–Kier alpha value is -2.37. The first kappa shape index (κ1) is 23.8. The summed E-state index contributed by atoms with van der Waals surface area (Å²) in [6, 6.07) is 16.9. The molecule has 0 aromatic heterocycles. The van der Waals surface area contributed by atoms with Crippen molar-refractivity contribution in [3.8, 4) is 0 Å². The average Bonchev–Trinajstić information content (AvgIpc) is 2.97. The van der Waals surface area contributed by atoms with Crippen LogP contribution in [0.5, 0.6) is 0 Å². The van der Waals surface area contributed by atoms with E-state index < -0.39 is 0 Å². The van der Waals surface area contributed by atoms with E-state index in [1.54, 1.807) is 0 Å². The first-order valence-corrected chi connectivity index (χ1v) is 12.6. The van der Waals surface area contributed by atoms with Crippen LogP contribution in [0.25, 0.3) is 0 Å². The molecule has 1 fully saturated rings. The number of para-hydroxylation sites is 2. The fourth-order valence-electron chi connectivity index (χ4n) is 5.18. The van der Waals surface area contributed by atoms with Gasteiger partial charge in [-0.25, -0.2) is 0 Å². The third kappa shape index (κ3) is 6.15. The van der Waals surface area contributed by atoms with Crippen LogP contribution < -0.4 is 4.90 Å². The van der Waals surface area contributed by atoms with Crippen LogP contribution in [0.2, 0.25) is 0 Å². The minimum absolute atomic E-state index is 0.0916. The normalized spacial score (nSPS) is 18.5. The number of benzene rings is 2. The first-order valence-electron chi connectivity index (χ1n) is 12.6. The predicted molar refractivity (Wildman–Crippen MR) is 135 cm³/mol. The number of carbonyl (C=O) groups is 1. The van der Waals surface area contributed by atoms with Crippen LogP contribution in [0.4, 0.5) is 11.4 Å². The number of rotatable bonds is 9. The van der Waals surface area contributed by atoms with E-state index in [1.165, 1.54) is 43.6 Å². The van der Waals surface area contributed by atoms with Crippen LogP contribution in [-0.2, 0) is 16.0 Å². The van der Waals surface area contributed by atoms with Gasteiger partial charge in [-0.2, -0.15) is 0 Å². The standard InChI is InChI=1S/C28H39N3O2/c1-29(2)16-10-20-31-26-14-6-4-12-23(26)22-25(24-13-5-7-15-27(24)31)28(32)33-21-11-19-30-17-8-3-9-18-30/h4-7,12-15,25H,3,8-11,16-22H2,1-2H3. The van der Waals surface area contributed by atoms with Crippen LogP contribution in [0, 0.1) is 0 Å². The van der Waals surface area contributed by atoms with E-state index in [2.05, 4.69) is 71.3 Å². The highest BCUT2D eigenvalue weighted by atomic mass is 16.5. The first-order chi connectivity index (χ1) is 16.1. The molecule has 2 heterocycles. The van der Waals surface area contributed by atoms with Gasteiger partial charge in [-0.1, -0.05) is 42.8 Å². The van der Waals surface area contributed by atoms with E-state index in [9.17, 15) is 4.79 Å². The second-order valence-corrected chi connectivity index (χ2v) is 9.68. The molecule has 2 aliphatic heterocycles. The average molecular weight is 450 g/mol. The van der Waals surface area contributed by atoms with Crippen molar-refractivity contribution in [1.82, 2.24) is 9.80 Å². The summed E-state index contributed by atoms with van der Waals surface area (Å²) in [5, 5.41) is 0. The van der Waals surface area contributed by atoms with Gasteiger partial charge in [0.1, 0.15) is 0 Å². The van der Waals surface area contributed by atoms with Gasteiger partial charge in [0.15, 0.2) is 0 Å². The Morgan fingerprint density at radius 2 is 1.67 bits per heavy atom. The van der Waals surface area contributed by atoms with Gasteiger partial charge in [0, 0.05) is 24.5 Å². The van der Waals surface area contributed by atoms with Crippen molar-refractivity contribution in [2.45, 2.75) is 44.4 Å². The largest absolute Gasteiger partial charge is 0.465 e. The zero-order valence-corrected chi connectivity index (χ0v) is 20.3. The van der Waals surface area contributed by atoms with Crippen LogP contribution in [0.3, 0.4) is 0 Å². The Morgan fingerprint density at radius 1 is 0.939 bits per heavy atom. The zero-order valence-electron chi connectivity index (χ0n) is 20.3. The number of ether oxygens (including phenoxy) is 1. The molecule has 0 N–H and O–H groups in total. The molecule has 0 bridgehead atoms. The molecule has 1 saturated heterocycles. The lowest BCUT2D eigenvalue weighted by Gasteiger charge is -2.28. The molecule has 0 radical (unpaired) electrons. The highest BCUT2D eigenvalue weighted by Crippen LogP contribution is 2.41. The Kier molecular flexibility index (Phi) is 8.40. The topological polar surface area (TPSA) is 36.0 Å². The predicted octanol–water partition coefficient (Wildman–Crippen LogP) is 4.84. The molecule has 1 unspecified atom stereocenters. The summed E-state index contributed by atoms with van der Waals surface area (Å²) >= 11 is 0. The van der Waals surface area contributed by atoms with Gasteiger partial charge < -0.3 is 19.4 Å². The third-order valence-electron chi connectivity index (χ3n) is 6.89. The third-order valence-corrected chi connectivity index (χ3v) is 6.89. The summed E-state index contributed by atoms with van der Waals surface area (Å²) in [6.07, 6.45) is 6.59. The molecule has 0 spiro atoms. The molecule has 4 rings (SSSR count). The van der Waals surface area contributed by atoms with Crippen molar-refractivity contribution in [2.75, 3.05) is 58.3 Å². The van der Waals surface area contributed by atoms with Crippen molar-refractivity contribution >= 4 is 17.3 Å². The lowest BCUT2D eigenvalue weighted by Crippen LogP contribution is -2.31. The van der Waals surface area contributed by atoms with Crippen molar-refractivity contribution in [3.63, 3.8) is 0 Å². The Bertz CT molecular complexity index is 908. The maximum absolute atomic E-state index is 13.3. The Morgan fingerprint density at radius 3 is 2.45 bits per heavy atom. The molecule has 2 aliphatic rings. The summed E-state index contributed by atoms with van der Waals surface area (Å²) in [4.78, 5) is 20.4. The molecular weight excluding hydrogens is 410 g/mol. The number of fused-ring (bicyclic) bond motifs is 2. The molecule has 178 valence electrons. The minimum Gasteiger partial charge on any atom is -0.465 e. The molecular formula is C28H39N3O2. The van der Waals surface area contributed by atoms with Crippen LogP contribution >= 0.6 is 0 Å². The number of esters is 1. The monoisotopic (exact) mass is 449 g/mol. The van der Waals surface area contributed by atoms with Gasteiger partial charge in [0.05, 0.1) is 12.5 Å². The molecule has 0 aliphatic carbocycles. The lowest BCUT2D eigenvalue weighted by atomic mass is 9.92. The number of anilines is 2. The maximum Gasteiger partial charge on any atom is 0.313 e. The van der Waals surface area contributed by atoms with Crippen LogP contribution in [0.1, 0.15) is 49.1 Å². The van der Waals surface area contributed by atoms with E-state index in [0.717, 1.165) is 43.7 Å². The van der Waals surface area contributed by atoms with Gasteiger partial charge in [0.25, 0.3) is 0 Å². The van der Waals surface area contributed by atoms with Crippen LogP contribution in [0.15, 0.2) is 48.5 Å². The molecule has 2 aromatic rings. The molecule has 0 amide bonds. The highest BCUT2D eigenvalue weighted by molar-refractivity contribution is 5.85. The maximum atomic E-state index is 13.3. The number of nitrogens with zero attached hydrogens (tertiary/aromatic N) is 3. The highest BCUT2D eigenvalue weighted by Gasteiger charge is 2.31. The van der Waals surface area contributed by atoms with Gasteiger partial charge in [-0.15, -0.1) is 0 Å². The summed E-state index contributed by atoms with van der Waals surface area (Å²) < 4.78 is 5.86. The molecule has 2 aromatic carbocycles. The molecule has 5 heteroatoms. The van der Waals surface area contributed by atoms with E-state index >= 15 is 0 Å². The number of piperidine rings is 1. The summed E-state index contributed by atoms with van der Waals surface area (Å²) in [5.74, 6) is -0.359. The fourth-order valence-corrected chi connectivity index (χ4v) is 5.18. The summed E-state index contributed by atoms with van der Waals surface area (Å²) in [6.45, 7) is 5.85. The second-order valence-electron chi connectivity index (χ2n) is 9.68. The van der Waals surface area contributed by atoms with E-state index in [4.69, 9.17) is 4.74 Å². The smallest absolute Gasteiger partial charge is 0.313 e. The van der Waals surface area contributed by atoms with Gasteiger partial charge in [0.2, 0.25) is 0 Å². The van der Waals surface area contributed by atoms with E-state index in [-0.39, 0.29) is 11.9 Å². The second kappa shape index (κ2) is 11.7. The summed E-state index contributed by atoms with van der Waals surface area (Å²) in [5.41, 5.74) is 4.65. The van der Waals surface area contributed by atoms with Gasteiger partial charge >= 0.3 is 5.97 Å². The zero-order chi connectivity index (χ0) is 23.0. The quantitative estimate of drug-likeness (QED) is 0.405. The van der Waals surface area contributed by atoms with Gasteiger partial charge in [-0.3, -0.25) is 4.79 Å². The van der Waals surface area contributed by atoms with Crippen molar-refractivity contribution in [1.29, 1.82) is 0 Å². The SMILES string of the molecule is CN(C)CCCN1c2ccccc2CC(C(=O)OCCCN2CCCCC2)c2ccccc21. The lowest BCUT2D eigenvalue weighted by molar-refractivity contribution is -0.145. The van der Waals surface area contributed by atoms with Gasteiger partial charge in [-0.05, 0) is 89.1 Å². The number of carbonyl (C=O) groups excluding carboxylic acids is 1. The van der Waals surface area contributed by atoms with Crippen molar-refractivity contribution < 1.29 is 9.53 Å². The summed E-state index contributed by atoms with van der Waals surface area (Å²) in [7, 11) is 4.23. The van der Waals surface area contributed by atoms with E-state index in [0.29, 0.717) is 13.0 Å². The Balaban J connectivity index is 1.49. The molecule has 0 saturated carbocycles. The number of hydrogen-bond acceptors (Lipinski definition) is 5. The van der Waals surface area contributed by atoms with E-state index in [1.807, 2.05) is 6.07 Å². The number of hydrogen-bond donors (Lipinski definition) is 0. The Labute approximate surface area is 199 Å². The molecule has 5 nitrogen and oxygen atoms in total. The molecule has 1 atom stereocenters. The number of likely N-dealkylation sites (tertiary alicyclic amines) is 1. The van der Waals surface area contributed by atoms with Crippen molar-refractivity contribution in [3.05, 3.63) is 59.7 Å². The molecule has 33 heavy (non-hydrogen) atoms. The minimum atomic E-state index is -0.267. The van der Waals surface area contributed by atoms with Crippen molar-refractivity contribution in [2.24, 2.45) is 0 Å². The van der Waals surface area contributed by atoms with Crippen LogP contribution in [-0.4, -0.2) is 69.2 Å².